The first-order chi connectivity index (χ1) is 10.7. The predicted octanol–water partition coefficient (Wildman–Crippen LogP) is 4.40. The van der Waals surface area contributed by atoms with Gasteiger partial charge >= 0.3 is 0 Å². The second-order valence-corrected chi connectivity index (χ2v) is 6.51. The Morgan fingerprint density at radius 3 is 2.41 bits per heavy atom. The molecule has 0 aliphatic carbocycles. The maximum Gasteiger partial charge on any atom is 0.0612 e. The zero-order valence-electron chi connectivity index (χ0n) is 12.4. The molecule has 0 unspecified atom stereocenters. The van der Waals surface area contributed by atoms with Crippen molar-refractivity contribution in [3.8, 4) is 0 Å². The summed E-state index contributed by atoms with van der Waals surface area (Å²) in [6, 6.07) is 17.1. The van der Waals surface area contributed by atoms with Gasteiger partial charge in [-0.3, -0.25) is 0 Å². The molecule has 116 valence electrons. The first-order valence-electron chi connectivity index (χ1n) is 7.70. The molecular weight excluding hydrogens is 315 g/mol. The lowest BCUT2D eigenvalue weighted by Crippen LogP contribution is -2.57. The summed E-state index contributed by atoms with van der Waals surface area (Å²) in [7, 11) is 0. The number of nitrogens with one attached hydrogen (secondary N) is 1. The van der Waals surface area contributed by atoms with Gasteiger partial charge in [-0.15, -0.1) is 0 Å². The number of anilines is 1. The van der Waals surface area contributed by atoms with E-state index in [4.69, 9.17) is 23.2 Å². The number of hydrogen-bond acceptors (Lipinski definition) is 2. The van der Waals surface area contributed by atoms with Crippen molar-refractivity contribution in [1.29, 1.82) is 0 Å². The van der Waals surface area contributed by atoms with Crippen LogP contribution < -0.4 is 10.2 Å². The van der Waals surface area contributed by atoms with Crippen LogP contribution in [0.2, 0.25) is 10.0 Å². The Balaban J connectivity index is 1.66. The molecule has 22 heavy (non-hydrogen) atoms. The molecule has 0 spiro atoms. The van der Waals surface area contributed by atoms with Crippen LogP contribution in [-0.2, 0) is 6.42 Å². The van der Waals surface area contributed by atoms with Gasteiger partial charge in [0, 0.05) is 25.3 Å². The minimum atomic E-state index is 0.549. The Kier molecular flexibility index (Phi) is 5.24. The molecule has 1 heterocycles. The molecule has 0 atom stereocenters. The fourth-order valence-corrected chi connectivity index (χ4v) is 3.07. The van der Waals surface area contributed by atoms with Crippen LogP contribution in [0.3, 0.4) is 0 Å². The molecule has 1 saturated heterocycles. The summed E-state index contributed by atoms with van der Waals surface area (Å²) >= 11 is 12.2. The van der Waals surface area contributed by atoms with E-state index in [9.17, 15) is 0 Å². The van der Waals surface area contributed by atoms with Crippen molar-refractivity contribution in [2.24, 2.45) is 0 Å². The van der Waals surface area contributed by atoms with Crippen molar-refractivity contribution >= 4 is 28.9 Å². The first-order valence-corrected chi connectivity index (χ1v) is 8.46. The molecule has 0 bridgehead atoms. The average Bonchev–Trinajstić information content (AvgIpc) is 2.48. The number of hydrogen-bond donors (Lipinski definition) is 1. The topological polar surface area (TPSA) is 15.3 Å². The summed E-state index contributed by atoms with van der Waals surface area (Å²) in [6.45, 7) is 3.09. The normalized spacial score (nSPS) is 14.6. The van der Waals surface area contributed by atoms with E-state index >= 15 is 0 Å². The van der Waals surface area contributed by atoms with Gasteiger partial charge in [-0.05, 0) is 36.6 Å². The summed E-state index contributed by atoms with van der Waals surface area (Å²) in [5.74, 6) is 0. The van der Waals surface area contributed by atoms with Crippen LogP contribution in [0, 0.1) is 0 Å². The quantitative estimate of drug-likeness (QED) is 0.841. The Bertz CT molecular complexity index is 612. The molecule has 2 aromatic carbocycles. The van der Waals surface area contributed by atoms with Crippen LogP contribution in [-0.4, -0.2) is 25.7 Å². The first kappa shape index (κ1) is 15.7. The van der Waals surface area contributed by atoms with Gasteiger partial charge in [0.15, 0.2) is 0 Å². The standard InChI is InChI=1S/C18H20Cl2N2/c19-17-9-8-15(11-18(17)20)22(16-12-21-13-16)10-4-7-14-5-2-1-3-6-14/h1-3,5-6,8-9,11,16,21H,4,7,10,12-13H2. The maximum atomic E-state index is 6.18. The zero-order valence-corrected chi connectivity index (χ0v) is 13.9. The van der Waals surface area contributed by atoms with Gasteiger partial charge in [0.2, 0.25) is 0 Å². The van der Waals surface area contributed by atoms with E-state index in [-0.39, 0.29) is 0 Å². The van der Waals surface area contributed by atoms with Crippen molar-refractivity contribution in [3.05, 3.63) is 64.1 Å². The van der Waals surface area contributed by atoms with Crippen molar-refractivity contribution in [1.82, 2.24) is 5.32 Å². The number of rotatable bonds is 6. The molecule has 0 saturated carbocycles. The highest BCUT2D eigenvalue weighted by atomic mass is 35.5. The van der Waals surface area contributed by atoms with Crippen molar-refractivity contribution in [2.45, 2.75) is 18.9 Å². The number of benzene rings is 2. The lowest BCUT2D eigenvalue weighted by molar-refractivity contribution is 0.411. The maximum absolute atomic E-state index is 6.18. The van der Waals surface area contributed by atoms with Gasteiger partial charge in [0.1, 0.15) is 0 Å². The molecule has 0 aromatic heterocycles. The van der Waals surface area contributed by atoms with E-state index in [1.54, 1.807) is 0 Å². The van der Waals surface area contributed by atoms with Crippen LogP contribution >= 0.6 is 23.2 Å². The summed E-state index contributed by atoms with van der Waals surface area (Å²) in [4.78, 5) is 2.45. The van der Waals surface area contributed by atoms with Gasteiger partial charge in [0.25, 0.3) is 0 Å². The minimum absolute atomic E-state index is 0.549. The molecule has 0 amide bonds. The smallest absolute Gasteiger partial charge is 0.0612 e. The predicted molar refractivity (Wildman–Crippen MR) is 95.2 cm³/mol. The summed E-state index contributed by atoms with van der Waals surface area (Å²) in [6.07, 6.45) is 2.22. The molecule has 3 rings (SSSR count). The summed E-state index contributed by atoms with van der Waals surface area (Å²) < 4.78 is 0. The highest BCUT2D eigenvalue weighted by molar-refractivity contribution is 6.42. The van der Waals surface area contributed by atoms with Crippen molar-refractivity contribution in [3.63, 3.8) is 0 Å². The fourth-order valence-electron chi connectivity index (χ4n) is 2.78. The zero-order chi connectivity index (χ0) is 15.4. The van der Waals surface area contributed by atoms with E-state index in [1.807, 2.05) is 12.1 Å². The van der Waals surface area contributed by atoms with Gasteiger partial charge < -0.3 is 10.2 Å². The molecule has 1 aliphatic rings. The Morgan fingerprint density at radius 2 is 1.77 bits per heavy atom. The second kappa shape index (κ2) is 7.36. The van der Waals surface area contributed by atoms with E-state index in [0.717, 1.165) is 38.2 Å². The van der Waals surface area contributed by atoms with Gasteiger partial charge in [-0.25, -0.2) is 0 Å². The van der Waals surface area contributed by atoms with Crippen LogP contribution in [0.1, 0.15) is 12.0 Å². The number of halogens is 2. The fraction of sp³-hybridized carbons (Fsp3) is 0.333. The number of aryl methyl sites for hydroxylation is 1. The Hall–Kier alpha value is -1.22. The molecular formula is C18H20Cl2N2. The third-order valence-electron chi connectivity index (χ3n) is 4.14. The average molecular weight is 335 g/mol. The minimum Gasteiger partial charge on any atom is -0.366 e. The SMILES string of the molecule is Clc1ccc(N(CCCc2ccccc2)C2CNC2)cc1Cl. The Labute approximate surface area is 142 Å². The lowest BCUT2D eigenvalue weighted by atomic mass is 10.1. The molecule has 1 fully saturated rings. The van der Waals surface area contributed by atoms with Crippen LogP contribution in [0.15, 0.2) is 48.5 Å². The lowest BCUT2D eigenvalue weighted by Gasteiger charge is -2.40. The third-order valence-corrected chi connectivity index (χ3v) is 4.88. The molecule has 4 heteroatoms. The van der Waals surface area contributed by atoms with E-state index in [0.29, 0.717) is 16.1 Å². The van der Waals surface area contributed by atoms with E-state index in [2.05, 4.69) is 46.6 Å². The molecule has 1 aliphatic heterocycles. The van der Waals surface area contributed by atoms with Crippen molar-refractivity contribution in [2.75, 3.05) is 24.5 Å². The second-order valence-electron chi connectivity index (χ2n) is 5.69. The highest BCUT2D eigenvalue weighted by Gasteiger charge is 2.24. The van der Waals surface area contributed by atoms with Gasteiger partial charge in [-0.2, -0.15) is 0 Å². The number of nitrogens with zero attached hydrogens (tertiary/aromatic N) is 1. The van der Waals surface area contributed by atoms with Gasteiger partial charge in [-0.1, -0.05) is 53.5 Å². The molecule has 0 radical (unpaired) electrons. The van der Waals surface area contributed by atoms with Gasteiger partial charge in [0.05, 0.1) is 16.1 Å². The van der Waals surface area contributed by atoms with E-state index in [1.165, 1.54) is 5.56 Å². The molecule has 2 aromatic rings. The summed E-state index contributed by atoms with van der Waals surface area (Å²) in [5.41, 5.74) is 2.55. The van der Waals surface area contributed by atoms with Crippen LogP contribution in [0.4, 0.5) is 5.69 Å². The van der Waals surface area contributed by atoms with Crippen LogP contribution in [0.25, 0.3) is 0 Å². The largest absolute Gasteiger partial charge is 0.366 e. The third kappa shape index (κ3) is 3.75. The van der Waals surface area contributed by atoms with Crippen molar-refractivity contribution < 1.29 is 0 Å². The monoisotopic (exact) mass is 334 g/mol. The molecule has 2 nitrogen and oxygen atoms in total. The van der Waals surface area contributed by atoms with E-state index < -0.39 is 0 Å². The Morgan fingerprint density at radius 1 is 1.00 bits per heavy atom. The summed E-state index contributed by atoms with van der Waals surface area (Å²) in [5, 5.41) is 4.58. The highest BCUT2D eigenvalue weighted by Crippen LogP contribution is 2.29. The molecule has 1 N–H and O–H groups in total. The van der Waals surface area contributed by atoms with Crippen LogP contribution in [0.5, 0.6) is 0 Å².